The zero-order valence-electron chi connectivity index (χ0n) is 22.5. The van der Waals surface area contributed by atoms with Gasteiger partial charge in [0.05, 0.1) is 5.92 Å². The predicted octanol–water partition coefficient (Wildman–Crippen LogP) is 4.02. The van der Waals surface area contributed by atoms with Crippen LogP contribution in [-0.4, -0.2) is 64.2 Å². The molecule has 0 radical (unpaired) electrons. The van der Waals surface area contributed by atoms with Crippen LogP contribution >= 0.6 is 11.8 Å². The average molecular weight is 542 g/mol. The van der Waals surface area contributed by atoms with E-state index in [0.717, 1.165) is 38.8 Å². The van der Waals surface area contributed by atoms with Gasteiger partial charge in [0.1, 0.15) is 5.92 Å². The second-order valence-corrected chi connectivity index (χ2v) is 12.2. The largest absolute Gasteiger partial charge is 0.415 e. The lowest BCUT2D eigenvalue weighted by molar-refractivity contribution is -0.135. The van der Waals surface area contributed by atoms with Gasteiger partial charge in [0.25, 0.3) is 11.1 Å². The Kier molecular flexibility index (Phi) is 9.96. The van der Waals surface area contributed by atoms with E-state index in [1.165, 1.54) is 0 Å². The van der Waals surface area contributed by atoms with Crippen LogP contribution in [0.3, 0.4) is 0 Å². The zero-order valence-corrected chi connectivity index (χ0v) is 23.3. The lowest BCUT2D eigenvalue weighted by atomic mass is 9.83. The minimum absolute atomic E-state index is 0.185. The highest BCUT2D eigenvalue weighted by atomic mass is 32.2. The second kappa shape index (κ2) is 13.4. The zero-order chi connectivity index (χ0) is 27.1. The highest BCUT2D eigenvalue weighted by molar-refractivity contribution is 7.99. The van der Waals surface area contributed by atoms with E-state index in [2.05, 4.69) is 32.8 Å². The summed E-state index contributed by atoms with van der Waals surface area (Å²) in [5, 5.41) is 14.9. The molecule has 2 fully saturated rings. The van der Waals surface area contributed by atoms with Gasteiger partial charge in [-0.05, 0) is 70.3 Å². The molecule has 2 heterocycles. The molecule has 1 unspecified atom stereocenters. The monoisotopic (exact) mass is 541 g/mol. The van der Waals surface area contributed by atoms with Gasteiger partial charge in [0, 0.05) is 16.9 Å². The van der Waals surface area contributed by atoms with Crippen molar-refractivity contribution in [2.75, 3.05) is 20.1 Å². The maximum Gasteiger partial charge on any atom is 0.276 e. The molecule has 1 saturated carbocycles. The Morgan fingerprint density at radius 1 is 1.05 bits per heavy atom. The van der Waals surface area contributed by atoms with E-state index in [9.17, 15) is 14.4 Å². The molecule has 38 heavy (non-hydrogen) atoms. The number of piperidine rings is 1. The van der Waals surface area contributed by atoms with E-state index in [-0.39, 0.29) is 29.7 Å². The van der Waals surface area contributed by atoms with Gasteiger partial charge >= 0.3 is 0 Å². The quantitative estimate of drug-likeness (QED) is 0.489. The maximum absolute atomic E-state index is 13.4. The Balaban J connectivity index is 1.40. The van der Waals surface area contributed by atoms with E-state index in [1.54, 1.807) is 23.9 Å². The number of aromatic nitrogens is 2. The van der Waals surface area contributed by atoms with Crippen LogP contribution < -0.4 is 10.6 Å². The number of thioether (sulfide) groups is 1. The minimum atomic E-state index is -0.709. The van der Waals surface area contributed by atoms with Crippen molar-refractivity contribution in [1.29, 1.82) is 0 Å². The van der Waals surface area contributed by atoms with Gasteiger partial charge in [-0.25, -0.2) is 0 Å². The molecule has 2 aromatic rings. The van der Waals surface area contributed by atoms with Crippen LogP contribution in [0.2, 0.25) is 0 Å². The second-order valence-electron chi connectivity index (χ2n) is 10.9. The van der Waals surface area contributed by atoms with Crippen LogP contribution in [0.1, 0.15) is 81.0 Å². The fraction of sp³-hybridized carbons (Fsp3) is 0.607. The molecule has 0 bridgehead atoms. The molecule has 2 aliphatic rings. The molecule has 2 N–H and O–H groups in total. The van der Waals surface area contributed by atoms with Crippen molar-refractivity contribution < 1.29 is 18.8 Å². The third kappa shape index (κ3) is 7.66. The van der Waals surface area contributed by atoms with Crippen molar-refractivity contribution in [1.82, 2.24) is 25.7 Å². The van der Waals surface area contributed by atoms with Crippen LogP contribution in [0.4, 0.5) is 0 Å². The number of carbonyl (C=O) groups excluding carboxylic acids is 3. The summed E-state index contributed by atoms with van der Waals surface area (Å²) in [6.45, 7) is 6.10. The number of nitrogens with zero attached hydrogens (tertiary/aromatic N) is 3. The van der Waals surface area contributed by atoms with Gasteiger partial charge in [-0.3, -0.25) is 19.7 Å². The molecule has 9 nitrogen and oxygen atoms in total. The number of nitrogens with one attached hydrogen (secondary N) is 2. The Morgan fingerprint density at radius 2 is 1.76 bits per heavy atom. The highest BCUT2D eigenvalue weighted by Gasteiger charge is 2.36. The molecule has 10 heteroatoms. The smallest absolute Gasteiger partial charge is 0.276 e. The molecule has 0 spiro atoms. The topological polar surface area (TPSA) is 117 Å². The summed E-state index contributed by atoms with van der Waals surface area (Å²) in [5.41, 5.74) is 0.552. The third-order valence-electron chi connectivity index (χ3n) is 7.38. The lowest BCUT2D eigenvalue weighted by Gasteiger charge is -2.31. The maximum atomic E-state index is 13.4. The summed E-state index contributed by atoms with van der Waals surface area (Å²) in [4.78, 5) is 41.7. The van der Waals surface area contributed by atoms with Crippen molar-refractivity contribution in [2.24, 2.45) is 11.8 Å². The Hall–Kier alpha value is -2.72. The standard InChI is InChI=1S/C28H39N5O4S/c1-18(2)17-22(27-31-32-28(37-27)38-20-13-15-33(3)16-14-20)26(36)30-25(35)21-11-7-8-12-23(21)29-24(34)19-9-5-4-6-10-19/h4-6,9-10,18,20-23H,7-8,11-17H2,1-3H3,(H,29,34)(H,30,35,36)/t21-,22?,23+/m1/s1. The lowest BCUT2D eigenvalue weighted by Crippen LogP contribution is -2.50. The van der Waals surface area contributed by atoms with Crippen molar-refractivity contribution in [3.05, 3.63) is 41.8 Å². The van der Waals surface area contributed by atoms with Crippen molar-refractivity contribution in [3.8, 4) is 0 Å². The first-order chi connectivity index (χ1) is 18.3. The molecule has 1 saturated heterocycles. The number of hydrogen-bond acceptors (Lipinski definition) is 8. The summed E-state index contributed by atoms with van der Waals surface area (Å²) >= 11 is 1.57. The van der Waals surface area contributed by atoms with Crippen molar-refractivity contribution in [2.45, 2.75) is 81.2 Å². The number of benzene rings is 1. The number of rotatable bonds is 9. The first-order valence-electron chi connectivity index (χ1n) is 13.7. The van der Waals surface area contributed by atoms with Gasteiger partial charge in [-0.2, -0.15) is 0 Å². The van der Waals surface area contributed by atoms with Gasteiger partial charge in [0.2, 0.25) is 17.7 Å². The summed E-state index contributed by atoms with van der Waals surface area (Å²) in [7, 11) is 2.12. The first kappa shape index (κ1) is 28.3. The van der Waals surface area contributed by atoms with Gasteiger partial charge < -0.3 is 14.6 Å². The van der Waals surface area contributed by atoms with E-state index in [1.807, 2.05) is 32.0 Å². The van der Waals surface area contributed by atoms with Crippen molar-refractivity contribution >= 4 is 29.5 Å². The van der Waals surface area contributed by atoms with Gasteiger partial charge in [0.15, 0.2) is 0 Å². The molecule has 1 aliphatic carbocycles. The number of likely N-dealkylation sites (tertiary alicyclic amines) is 1. The molecule has 4 rings (SSSR count). The molecule has 3 atom stereocenters. The normalized spacial score (nSPS) is 21.7. The number of imide groups is 1. The van der Waals surface area contributed by atoms with Crippen LogP contribution in [0.15, 0.2) is 40.0 Å². The van der Waals surface area contributed by atoms with Crippen LogP contribution in [-0.2, 0) is 9.59 Å². The Labute approximate surface area is 228 Å². The highest BCUT2D eigenvalue weighted by Crippen LogP contribution is 2.32. The van der Waals surface area contributed by atoms with Gasteiger partial charge in [-0.15, -0.1) is 10.2 Å². The van der Waals surface area contributed by atoms with Crippen LogP contribution in [0.25, 0.3) is 0 Å². The summed E-state index contributed by atoms with van der Waals surface area (Å²) in [6, 6.07) is 8.64. The molecule has 206 valence electrons. The van der Waals surface area contributed by atoms with E-state index < -0.39 is 17.7 Å². The summed E-state index contributed by atoms with van der Waals surface area (Å²) < 4.78 is 5.95. The Morgan fingerprint density at radius 3 is 2.47 bits per heavy atom. The number of hydrogen-bond donors (Lipinski definition) is 2. The fourth-order valence-electron chi connectivity index (χ4n) is 5.21. The fourth-order valence-corrected chi connectivity index (χ4v) is 6.16. The number of carbonyl (C=O) groups is 3. The number of amides is 3. The SMILES string of the molecule is CC(C)CC(C(=O)NC(=O)[C@@H]1CCCC[C@@H]1NC(=O)c1ccccc1)c1nnc(SC2CCN(C)CC2)o1. The summed E-state index contributed by atoms with van der Waals surface area (Å²) in [5.74, 6) is -1.75. The predicted molar refractivity (Wildman–Crippen MR) is 146 cm³/mol. The molecular weight excluding hydrogens is 502 g/mol. The van der Waals surface area contributed by atoms with E-state index in [0.29, 0.717) is 35.3 Å². The molecular formula is C28H39N5O4S. The van der Waals surface area contributed by atoms with Crippen LogP contribution in [0.5, 0.6) is 0 Å². The van der Waals surface area contributed by atoms with Gasteiger partial charge in [-0.1, -0.05) is 56.7 Å². The Bertz CT molecular complexity index is 1080. The third-order valence-corrected chi connectivity index (χ3v) is 8.55. The van der Waals surface area contributed by atoms with Crippen molar-refractivity contribution in [3.63, 3.8) is 0 Å². The summed E-state index contributed by atoms with van der Waals surface area (Å²) in [6.07, 6.45) is 5.69. The molecule has 3 amide bonds. The van der Waals surface area contributed by atoms with Crippen LogP contribution in [0, 0.1) is 11.8 Å². The average Bonchev–Trinajstić information content (AvgIpc) is 3.37. The minimum Gasteiger partial charge on any atom is -0.415 e. The molecule has 1 aromatic heterocycles. The van der Waals surface area contributed by atoms with E-state index >= 15 is 0 Å². The first-order valence-corrected chi connectivity index (χ1v) is 14.6. The molecule has 1 aromatic carbocycles. The molecule has 1 aliphatic heterocycles. The van der Waals surface area contributed by atoms with E-state index in [4.69, 9.17) is 4.42 Å².